The molecule has 2 aromatic carbocycles. The molecule has 1 amide bonds. The van der Waals surface area contributed by atoms with Gasteiger partial charge < -0.3 is 15.7 Å². The van der Waals surface area contributed by atoms with Gasteiger partial charge in [0.1, 0.15) is 10.6 Å². The smallest absolute Gasteiger partial charge is 0.267 e. The van der Waals surface area contributed by atoms with Crippen LogP contribution in [0, 0.1) is 6.92 Å². The first-order valence-electron chi connectivity index (χ1n) is 7.11. The van der Waals surface area contributed by atoms with E-state index in [0.717, 1.165) is 5.56 Å². The van der Waals surface area contributed by atoms with E-state index in [1.807, 2.05) is 19.1 Å². The Morgan fingerprint density at radius 1 is 1.25 bits per heavy atom. The lowest BCUT2D eigenvalue weighted by atomic mass is 10.2. The molecular formula is C17H14ClN3O2S. The first-order valence-corrected chi connectivity index (χ1v) is 8.31. The number of benzene rings is 2. The Balaban J connectivity index is 1.74. The Morgan fingerprint density at radius 2 is 2.04 bits per heavy atom. The van der Waals surface area contributed by atoms with Gasteiger partial charge in [-0.3, -0.25) is 4.79 Å². The van der Waals surface area contributed by atoms with E-state index in [0.29, 0.717) is 26.4 Å². The molecule has 0 aliphatic carbocycles. The molecule has 3 aromatic rings. The largest absolute Gasteiger partial charge is 0.508 e. The molecule has 0 aliphatic rings. The average molecular weight is 360 g/mol. The van der Waals surface area contributed by atoms with Gasteiger partial charge in [0.15, 0.2) is 5.13 Å². The van der Waals surface area contributed by atoms with Crippen LogP contribution < -0.4 is 10.6 Å². The number of thiazole rings is 1. The number of hydrogen-bond donors (Lipinski definition) is 3. The molecule has 0 aliphatic heterocycles. The highest BCUT2D eigenvalue weighted by Gasteiger charge is 2.14. The topological polar surface area (TPSA) is 74.2 Å². The van der Waals surface area contributed by atoms with E-state index < -0.39 is 0 Å². The van der Waals surface area contributed by atoms with Crippen LogP contribution in [-0.2, 0) is 0 Å². The molecule has 1 heterocycles. The van der Waals surface area contributed by atoms with E-state index in [1.165, 1.54) is 17.5 Å². The third-order valence-corrected chi connectivity index (χ3v) is 4.51. The summed E-state index contributed by atoms with van der Waals surface area (Å²) in [6.07, 6.45) is 1.50. The highest BCUT2D eigenvalue weighted by atomic mass is 35.5. The minimum absolute atomic E-state index is 0.156. The van der Waals surface area contributed by atoms with Gasteiger partial charge in [-0.1, -0.05) is 41.1 Å². The summed E-state index contributed by atoms with van der Waals surface area (Å²) in [4.78, 5) is 17.0. The number of aryl methyl sites for hydroxylation is 1. The van der Waals surface area contributed by atoms with Crippen LogP contribution in [0.1, 0.15) is 15.2 Å². The number of aromatic hydroxyl groups is 1. The monoisotopic (exact) mass is 359 g/mol. The molecule has 3 N–H and O–H groups in total. The second kappa shape index (κ2) is 6.90. The zero-order chi connectivity index (χ0) is 17.1. The molecule has 0 spiro atoms. The van der Waals surface area contributed by atoms with Crippen LogP contribution in [0.2, 0.25) is 5.02 Å². The summed E-state index contributed by atoms with van der Waals surface area (Å²) >= 11 is 7.34. The summed E-state index contributed by atoms with van der Waals surface area (Å²) in [6.45, 7) is 1.88. The van der Waals surface area contributed by atoms with E-state index in [1.54, 1.807) is 30.3 Å². The highest BCUT2D eigenvalue weighted by molar-refractivity contribution is 7.17. The normalized spacial score (nSPS) is 10.4. The standard InChI is InChI=1S/C17H14ClN3O2S/c1-10-4-2-7-13(18)15(10)21-16(23)14-9-19-17(24-14)20-11-5-3-6-12(22)8-11/h2-9,22H,1H3,(H,19,20)(H,21,23). The van der Waals surface area contributed by atoms with Crippen molar-refractivity contribution in [1.82, 2.24) is 4.98 Å². The van der Waals surface area contributed by atoms with E-state index in [2.05, 4.69) is 15.6 Å². The average Bonchev–Trinajstić information content (AvgIpc) is 2.99. The highest BCUT2D eigenvalue weighted by Crippen LogP contribution is 2.28. The lowest BCUT2D eigenvalue weighted by Crippen LogP contribution is -2.11. The molecule has 0 atom stereocenters. The summed E-state index contributed by atoms with van der Waals surface area (Å²) in [5.74, 6) is -0.114. The van der Waals surface area contributed by atoms with Crippen molar-refractivity contribution in [2.24, 2.45) is 0 Å². The number of nitrogens with one attached hydrogen (secondary N) is 2. The number of phenols is 1. The zero-order valence-electron chi connectivity index (χ0n) is 12.7. The number of hydrogen-bond acceptors (Lipinski definition) is 5. The predicted molar refractivity (Wildman–Crippen MR) is 97.6 cm³/mol. The van der Waals surface area contributed by atoms with Crippen molar-refractivity contribution in [3.63, 3.8) is 0 Å². The predicted octanol–water partition coefficient (Wildman–Crippen LogP) is 4.81. The maximum atomic E-state index is 12.4. The molecule has 5 nitrogen and oxygen atoms in total. The Morgan fingerprint density at radius 3 is 2.79 bits per heavy atom. The van der Waals surface area contributed by atoms with Crippen molar-refractivity contribution in [2.45, 2.75) is 6.92 Å². The minimum Gasteiger partial charge on any atom is -0.508 e. The SMILES string of the molecule is Cc1cccc(Cl)c1NC(=O)c1cnc(Nc2cccc(O)c2)s1. The van der Waals surface area contributed by atoms with E-state index in [4.69, 9.17) is 11.6 Å². The number of aromatic nitrogens is 1. The van der Waals surface area contributed by atoms with Crippen molar-refractivity contribution in [3.8, 4) is 5.75 Å². The van der Waals surface area contributed by atoms with Gasteiger partial charge in [0.2, 0.25) is 0 Å². The van der Waals surface area contributed by atoms with Crippen molar-refractivity contribution in [1.29, 1.82) is 0 Å². The lowest BCUT2D eigenvalue weighted by Gasteiger charge is -2.08. The minimum atomic E-state index is -0.271. The zero-order valence-corrected chi connectivity index (χ0v) is 14.3. The van der Waals surface area contributed by atoms with Crippen LogP contribution >= 0.6 is 22.9 Å². The first kappa shape index (κ1) is 16.3. The molecule has 122 valence electrons. The molecule has 0 unspecified atom stereocenters. The third kappa shape index (κ3) is 3.67. The number of para-hydroxylation sites is 1. The van der Waals surface area contributed by atoms with Crippen LogP contribution in [0.25, 0.3) is 0 Å². The lowest BCUT2D eigenvalue weighted by molar-refractivity contribution is 0.103. The summed E-state index contributed by atoms with van der Waals surface area (Å²) in [5.41, 5.74) is 2.18. The molecular weight excluding hydrogens is 346 g/mol. The number of amides is 1. The molecule has 0 bridgehead atoms. The van der Waals surface area contributed by atoms with Crippen LogP contribution in [0.3, 0.4) is 0 Å². The Hall–Kier alpha value is -2.57. The number of phenolic OH excluding ortho intramolecular Hbond substituents is 1. The van der Waals surface area contributed by atoms with E-state index >= 15 is 0 Å². The van der Waals surface area contributed by atoms with Gasteiger partial charge in [0.05, 0.1) is 16.9 Å². The fourth-order valence-corrected chi connectivity index (χ4v) is 3.11. The Kier molecular flexibility index (Phi) is 4.69. The number of carbonyl (C=O) groups excluding carboxylic acids is 1. The van der Waals surface area contributed by atoms with Crippen molar-refractivity contribution < 1.29 is 9.90 Å². The maximum Gasteiger partial charge on any atom is 0.267 e. The van der Waals surface area contributed by atoms with Crippen molar-refractivity contribution >= 4 is 45.4 Å². The van der Waals surface area contributed by atoms with E-state index in [-0.39, 0.29) is 11.7 Å². The fourth-order valence-electron chi connectivity index (χ4n) is 2.11. The number of carbonyl (C=O) groups is 1. The van der Waals surface area contributed by atoms with E-state index in [9.17, 15) is 9.90 Å². The molecule has 0 saturated heterocycles. The quantitative estimate of drug-likeness (QED) is 0.625. The number of rotatable bonds is 4. The second-order valence-corrected chi connectivity index (χ2v) is 6.53. The van der Waals surface area contributed by atoms with Gasteiger partial charge in [-0.25, -0.2) is 4.98 Å². The summed E-state index contributed by atoms with van der Waals surface area (Å²) in [7, 11) is 0. The fraction of sp³-hybridized carbons (Fsp3) is 0.0588. The van der Waals surface area contributed by atoms with Gasteiger partial charge in [0, 0.05) is 11.8 Å². The Bertz CT molecular complexity index is 875. The number of halogens is 1. The van der Waals surface area contributed by atoms with Gasteiger partial charge >= 0.3 is 0 Å². The molecule has 0 radical (unpaired) electrons. The molecule has 24 heavy (non-hydrogen) atoms. The third-order valence-electron chi connectivity index (χ3n) is 3.29. The molecule has 3 rings (SSSR count). The number of anilines is 3. The molecule has 0 fully saturated rings. The van der Waals surface area contributed by atoms with Crippen molar-refractivity contribution in [2.75, 3.05) is 10.6 Å². The van der Waals surface area contributed by atoms with Crippen LogP contribution in [0.15, 0.2) is 48.7 Å². The van der Waals surface area contributed by atoms with Crippen LogP contribution in [-0.4, -0.2) is 16.0 Å². The molecule has 1 aromatic heterocycles. The molecule has 7 heteroatoms. The summed E-state index contributed by atoms with van der Waals surface area (Å²) < 4.78 is 0. The van der Waals surface area contributed by atoms with Gasteiger partial charge in [0.25, 0.3) is 5.91 Å². The van der Waals surface area contributed by atoms with Gasteiger partial charge in [-0.15, -0.1) is 0 Å². The Labute approximate surface area is 147 Å². The first-order chi connectivity index (χ1) is 11.5. The van der Waals surface area contributed by atoms with Crippen LogP contribution in [0.4, 0.5) is 16.5 Å². The number of nitrogens with zero attached hydrogens (tertiary/aromatic N) is 1. The van der Waals surface area contributed by atoms with Crippen molar-refractivity contribution in [3.05, 3.63) is 64.1 Å². The van der Waals surface area contributed by atoms with Gasteiger partial charge in [-0.05, 0) is 30.7 Å². The maximum absolute atomic E-state index is 12.4. The molecule has 0 saturated carbocycles. The van der Waals surface area contributed by atoms with Gasteiger partial charge in [-0.2, -0.15) is 0 Å². The summed E-state index contributed by atoms with van der Waals surface area (Å²) in [6, 6.07) is 12.1. The summed E-state index contributed by atoms with van der Waals surface area (Å²) in [5, 5.41) is 16.4. The second-order valence-electron chi connectivity index (χ2n) is 5.09. The van der Waals surface area contributed by atoms with Crippen LogP contribution in [0.5, 0.6) is 5.75 Å².